The first kappa shape index (κ1) is 13.9. The van der Waals surface area contributed by atoms with Crippen molar-refractivity contribution in [3.63, 3.8) is 0 Å². The van der Waals surface area contributed by atoms with Gasteiger partial charge in [-0.1, -0.05) is 30.8 Å². The minimum Gasteiger partial charge on any atom is -0.370 e. The van der Waals surface area contributed by atoms with E-state index in [-0.39, 0.29) is 0 Å². The normalized spacial score (nSPS) is 10.9. The molecule has 0 fully saturated rings. The molecule has 0 amide bonds. The van der Waals surface area contributed by atoms with E-state index in [1.165, 1.54) is 5.56 Å². The molecule has 0 saturated heterocycles. The lowest BCUT2D eigenvalue weighted by Gasteiger charge is -2.05. The second kappa shape index (κ2) is 6.58. The Morgan fingerprint density at radius 1 is 1.19 bits per heavy atom. The van der Waals surface area contributed by atoms with E-state index in [2.05, 4.69) is 33.5 Å². The molecule has 3 heterocycles. The zero-order valence-electron chi connectivity index (χ0n) is 11.9. The Kier molecular flexibility index (Phi) is 4.35. The SMILES string of the molecule is CCCNc1ccc(CSc2nnc3ccccn23)cn1. The smallest absolute Gasteiger partial charge is 0.195 e. The van der Waals surface area contributed by atoms with Gasteiger partial charge in [-0.15, -0.1) is 10.2 Å². The van der Waals surface area contributed by atoms with Crippen LogP contribution in [0, 0.1) is 0 Å². The van der Waals surface area contributed by atoms with Crippen molar-refractivity contribution in [2.24, 2.45) is 0 Å². The average molecular weight is 299 g/mol. The van der Waals surface area contributed by atoms with Crippen LogP contribution in [0.1, 0.15) is 18.9 Å². The Morgan fingerprint density at radius 2 is 2.14 bits per heavy atom. The van der Waals surface area contributed by atoms with Crippen LogP contribution >= 0.6 is 11.8 Å². The summed E-state index contributed by atoms with van der Waals surface area (Å²) < 4.78 is 2.00. The van der Waals surface area contributed by atoms with Gasteiger partial charge in [0.15, 0.2) is 10.8 Å². The minimum absolute atomic E-state index is 0.830. The van der Waals surface area contributed by atoms with E-state index in [1.807, 2.05) is 41.1 Å². The van der Waals surface area contributed by atoms with Crippen molar-refractivity contribution in [2.75, 3.05) is 11.9 Å². The number of aromatic nitrogens is 4. The summed E-state index contributed by atoms with van der Waals surface area (Å²) in [5.41, 5.74) is 2.05. The Hall–Kier alpha value is -2.08. The third-order valence-electron chi connectivity index (χ3n) is 3.03. The van der Waals surface area contributed by atoms with Gasteiger partial charge >= 0.3 is 0 Å². The van der Waals surface area contributed by atoms with Crippen LogP contribution in [-0.2, 0) is 5.75 Å². The lowest BCUT2D eigenvalue weighted by Crippen LogP contribution is -2.01. The van der Waals surface area contributed by atoms with E-state index in [4.69, 9.17) is 0 Å². The Balaban J connectivity index is 1.64. The van der Waals surface area contributed by atoms with Crippen molar-refractivity contribution in [3.8, 4) is 0 Å². The summed E-state index contributed by atoms with van der Waals surface area (Å²) in [6.45, 7) is 3.09. The number of nitrogens with zero attached hydrogens (tertiary/aromatic N) is 4. The zero-order chi connectivity index (χ0) is 14.5. The number of pyridine rings is 2. The summed E-state index contributed by atoms with van der Waals surface area (Å²) in [6.07, 6.45) is 4.99. The molecule has 3 aromatic rings. The molecule has 0 aliphatic rings. The molecule has 0 atom stereocenters. The zero-order valence-corrected chi connectivity index (χ0v) is 12.7. The van der Waals surface area contributed by atoms with Gasteiger partial charge in [-0.25, -0.2) is 4.98 Å². The summed E-state index contributed by atoms with van der Waals surface area (Å²) >= 11 is 1.66. The number of anilines is 1. The van der Waals surface area contributed by atoms with Crippen molar-refractivity contribution in [1.29, 1.82) is 0 Å². The van der Waals surface area contributed by atoms with Gasteiger partial charge in [0.05, 0.1) is 0 Å². The Labute approximate surface area is 127 Å². The van der Waals surface area contributed by atoms with Crippen molar-refractivity contribution in [2.45, 2.75) is 24.3 Å². The fourth-order valence-electron chi connectivity index (χ4n) is 1.93. The second-order valence-corrected chi connectivity index (χ2v) is 5.62. The highest BCUT2D eigenvalue weighted by Gasteiger charge is 2.05. The first-order valence-electron chi connectivity index (χ1n) is 6.98. The van der Waals surface area contributed by atoms with Crippen molar-refractivity contribution < 1.29 is 0 Å². The number of rotatable bonds is 6. The van der Waals surface area contributed by atoms with Crippen LogP contribution in [0.2, 0.25) is 0 Å². The topological polar surface area (TPSA) is 55.1 Å². The molecule has 3 rings (SSSR count). The van der Waals surface area contributed by atoms with Crippen LogP contribution in [-0.4, -0.2) is 26.1 Å². The fourth-order valence-corrected chi connectivity index (χ4v) is 2.79. The van der Waals surface area contributed by atoms with Gasteiger partial charge in [0.25, 0.3) is 0 Å². The van der Waals surface area contributed by atoms with Crippen LogP contribution in [0.5, 0.6) is 0 Å². The molecular weight excluding hydrogens is 282 g/mol. The number of fused-ring (bicyclic) bond motifs is 1. The van der Waals surface area contributed by atoms with Crippen LogP contribution in [0.4, 0.5) is 5.82 Å². The third-order valence-corrected chi connectivity index (χ3v) is 4.05. The largest absolute Gasteiger partial charge is 0.370 e. The van der Waals surface area contributed by atoms with E-state index in [0.29, 0.717) is 0 Å². The Bertz CT molecular complexity index is 707. The molecule has 5 nitrogen and oxygen atoms in total. The molecule has 3 aromatic heterocycles. The molecule has 0 unspecified atom stereocenters. The molecule has 108 valence electrons. The fraction of sp³-hybridized carbons (Fsp3) is 0.267. The van der Waals surface area contributed by atoms with E-state index in [1.54, 1.807) is 11.8 Å². The average Bonchev–Trinajstić information content (AvgIpc) is 2.95. The molecule has 6 heteroatoms. The van der Waals surface area contributed by atoms with Gasteiger partial charge < -0.3 is 5.32 Å². The second-order valence-electron chi connectivity index (χ2n) is 4.68. The standard InChI is InChI=1S/C15H17N5S/c1-2-8-16-13-7-6-12(10-17-13)11-21-15-19-18-14-5-3-4-9-20(14)15/h3-7,9-10H,2,8,11H2,1H3,(H,16,17). The molecule has 0 aliphatic carbocycles. The van der Waals surface area contributed by atoms with Crippen LogP contribution in [0.15, 0.2) is 47.9 Å². The van der Waals surface area contributed by atoms with Gasteiger partial charge in [-0.3, -0.25) is 4.40 Å². The van der Waals surface area contributed by atoms with Gasteiger partial charge in [-0.2, -0.15) is 0 Å². The van der Waals surface area contributed by atoms with Gasteiger partial charge in [0.2, 0.25) is 0 Å². The predicted molar refractivity (Wildman–Crippen MR) is 85.6 cm³/mol. The highest BCUT2D eigenvalue weighted by Crippen LogP contribution is 2.21. The van der Waals surface area contributed by atoms with E-state index in [9.17, 15) is 0 Å². The molecule has 0 aliphatic heterocycles. The molecule has 0 aromatic carbocycles. The molecule has 0 saturated carbocycles. The molecule has 0 bridgehead atoms. The number of hydrogen-bond donors (Lipinski definition) is 1. The van der Waals surface area contributed by atoms with Crippen LogP contribution in [0.25, 0.3) is 5.65 Å². The van der Waals surface area contributed by atoms with Crippen molar-refractivity contribution in [3.05, 3.63) is 48.3 Å². The lowest BCUT2D eigenvalue weighted by atomic mass is 10.3. The highest BCUT2D eigenvalue weighted by atomic mass is 32.2. The summed E-state index contributed by atoms with van der Waals surface area (Å²) in [5.74, 6) is 1.76. The summed E-state index contributed by atoms with van der Waals surface area (Å²) in [6, 6.07) is 10.0. The van der Waals surface area contributed by atoms with E-state index in [0.717, 1.165) is 35.3 Å². The van der Waals surface area contributed by atoms with Crippen molar-refractivity contribution >= 4 is 23.2 Å². The maximum atomic E-state index is 4.41. The number of nitrogens with one attached hydrogen (secondary N) is 1. The Morgan fingerprint density at radius 3 is 2.95 bits per heavy atom. The maximum absolute atomic E-state index is 4.41. The van der Waals surface area contributed by atoms with Gasteiger partial charge in [0, 0.05) is 24.7 Å². The van der Waals surface area contributed by atoms with Crippen molar-refractivity contribution in [1.82, 2.24) is 19.6 Å². The predicted octanol–water partition coefficient (Wildman–Crippen LogP) is 3.24. The quantitative estimate of drug-likeness (QED) is 0.708. The van der Waals surface area contributed by atoms with Gasteiger partial charge in [-0.05, 0) is 30.2 Å². The number of thioether (sulfide) groups is 1. The molecule has 0 spiro atoms. The highest BCUT2D eigenvalue weighted by molar-refractivity contribution is 7.98. The monoisotopic (exact) mass is 299 g/mol. The first-order chi connectivity index (χ1) is 10.4. The number of hydrogen-bond acceptors (Lipinski definition) is 5. The summed E-state index contributed by atoms with van der Waals surface area (Å²) in [4.78, 5) is 4.41. The van der Waals surface area contributed by atoms with Gasteiger partial charge in [0.1, 0.15) is 5.82 Å². The third kappa shape index (κ3) is 3.33. The van der Waals surface area contributed by atoms with E-state index < -0.39 is 0 Å². The molecule has 21 heavy (non-hydrogen) atoms. The maximum Gasteiger partial charge on any atom is 0.195 e. The molecule has 1 N–H and O–H groups in total. The van der Waals surface area contributed by atoms with Crippen LogP contribution in [0.3, 0.4) is 0 Å². The minimum atomic E-state index is 0.830. The summed E-state index contributed by atoms with van der Waals surface area (Å²) in [5, 5.41) is 12.5. The van der Waals surface area contributed by atoms with E-state index >= 15 is 0 Å². The first-order valence-corrected chi connectivity index (χ1v) is 7.97. The molecular formula is C15H17N5S. The summed E-state index contributed by atoms with van der Waals surface area (Å²) in [7, 11) is 0. The van der Waals surface area contributed by atoms with Crippen LogP contribution < -0.4 is 5.32 Å². The lowest BCUT2D eigenvalue weighted by molar-refractivity contribution is 0.921. The molecule has 0 radical (unpaired) electrons.